The fourth-order valence-electron chi connectivity index (χ4n) is 13.9. The van der Waals surface area contributed by atoms with Crippen LogP contribution in [0.25, 0.3) is 66.4 Å². The first kappa shape index (κ1) is 61.2. The van der Waals surface area contributed by atoms with Crippen LogP contribution in [-0.4, -0.2) is 60.7 Å². The van der Waals surface area contributed by atoms with Crippen molar-refractivity contribution in [2.75, 3.05) is 13.2 Å². The van der Waals surface area contributed by atoms with E-state index in [0.29, 0.717) is 30.3 Å². The monoisotopic (exact) mass is 1200 g/mol. The van der Waals surface area contributed by atoms with E-state index in [4.69, 9.17) is 39.9 Å². The Kier molecular flexibility index (Phi) is 17.9. The molecule has 0 aromatic carbocycles. The van der Waals surface area contributed by atoms with Gasteiger partial charge < -0.3 is 30.1 Å². The van der Waals surface area contributed by atoms with Crippen LogP contribution in [0.5, 0.6) is 0 Å². The minimum atomic E-state index is -0.468. The number of fused-ring (bicyclic) bond motifs is 16. The van der Waals surface area contributed by atoms with Crippen molar-refractivity contribution in [3.05, 3.63) is 138 Å². The molecule has 13 nitrogen and oxygen atoms in total. The van der Waals surface area contributed by atoms with Gasteiger partial charge >= 0.3 is 33.0 Å². The van der Waals surface area contributed by atoms with E-state index < -0.39 is 13.2 Å². The predicted molar refractivity (Wildman–Crippen MR) is 322 cm³/mol. The topological polar surface area (TPSA) is 200 Å². The maximum absolute atomic E-state index is 13.4. The normalized spacial score (nSPS) is 17.7. The van der Waals surface area contributed by atoms with E-state index >= 15 is 0 Å². The molecule has 0 saturated carbocycles. The SMILES string of the molecule is CCC1=C(C)c2cc3[n-]c(cc4nc(c5c6[n-]c(cc1n2)c(C)c6C(=O)C5)[C@@H](CCC(=O)CO)[C@@H]4C)c(C)c3CC.CCC1=C(C)c2cc3[n-]c(cc4nc(c5c6[n-]c(cc1n2)c(C)c6CC5)[C@@H](CCC(=O)CO)[C@@H]4C)c(C)c3CC.[Ni+2].[Ni+2]. The Labute approximate surface area is 506 Å². The Balaban J connectivity index is 0.000000195. The second kappa shape index (κ2) is 24.3. The number of carbonyl (C=O) groups is 3. The molecule has 6 aromatic heterocycles. The van der Waals surface area contributed by atoms with E-state index in [9.17, 15) is 24.6 Å². The zero-order valence-electron chi connectivity index (χ0n) is 49.8. The summed E-state index contributed by atoms with van der Waals surface area (Å²) in [5, 5.41) is 18.8. The van der Waals surface area contributed by atoms with Gasteiger partial charge in [0.15, 0.2) is 17.3 Å². The number of carbonyl (C=O) groups excluding carboxylic acids is 3. The third kappa shape index (κ3) is 10.6. The number of aromatic nitrogens is 8. The van der Waals surface area contributed by atoms with Crippen LogP contribution in [-0.2, 0) is 74.7 Å². The van der Waals surface area contributed by atoms with Crippen molar-refractivity contribution in [2.45, 2.75) is 177 Å². The number of aliphatic hydroxyl groups excluding tert-OH is 2. The number of hydrogen-bond acceptors (Lipinski definition) is 9. The molecule has 0 spiro atoms. The molecule has 83 heavy (non-hydrogen) atoms. The number of ketones is 3. The third-order valence-electron chi connectivity index (χ3n) is 18.8. The average Bonchev–Trinajstić information content (AvgIpc) is 4.26. The van der Waals surface area contributed by atoms with Crippen molar-refractivity contribution < 1.29 is 57.6 Å². The molecule has 0 radical (unpaired) electrons. The number of nitrogens with zero attached hydrogens (tertiary/aromatic N) is 8. The largest absolute Gasteiger partial charge is 2.00 e. The van der Waals surface area contributed by atoms with Gasteiger partial charge in [0, 0.05) is 71.3 Å². The molecule has 12 rings (SSSR count). The fraction of sp³-hybridized carbons (Fsp3) is 0.426. The van der Waals surface area contributed by atoms with Gasteiger partial charge in [0.2, 0.25) is 0 Å². The second-order valence-electron chi connectivity index (χ2n) is 23.2. The van der Waals surface area contributed by atoms with Crippen molar-refractivity contribution in [3.8, 4) is 0 Å². The standard InChI is InChI=1S/C34H37N4O3.C34H38N4O2.2Ni/c1-7-21-16(3)25-12-27-18(5)23(10-9-20(40)15-39)33(37-27)24-11-31(41)32-19(6)28(38-34(24)32)14-30-22(8-2)17(4)26(36-30)13-29(21)35-25;1-7-22-17(3)27-13-29-19(5)24(10-9-21(40)16-39)33(37-29)26-12-11-25-20(6)30(38-34(25)26)15-32-23(8-2)18(4)28(36-32)14-31(22)35-27;;/h12-14,18,23,39H,7-11,15H2,1-6H3,(H-,35,36,37,38,41);13-15,19,24,39H,7-12,16H2,1-6H3;;/q-1;-2;2*+2/p-1/t18-,23-;19-,24-;;/m00../s1. The first-order valence-electron chi connectivity index (χ1n) is 29.4. The molecule has 2 aliphatic carbocycles. The average molecular weight is 1200 g/mol. The van der Waals surface area contributed by atoms with Crippen LogP contribution >= 0.6 is 0 Å². The van der Waals surface area contributed by atoms with Gasteiger partial charge in [0.25, 0.3) is 0 Å². The molecule has 2 N–H and O–H groups in total. The molecule has 0 unspecified atom stereocenters. The zero-order valence-corrected chi connectivity index (χ0v) is 51.8. The summed E-state index contributed by atoms with van der Waals surface area (Å²) in [6.45, 7) is 24.8. The quantitative estimate of drug-likeness (QED) is 0.110. The molecule has 436 valence electrons. The van der Waals surface area contributed by atoms with Crippen molar-refractivity contribution >= 4 is 83.8 Å². The summed E-state index contributed by atoms with van der Waals surface area (Å²) in [6.07, 6.45) is 7.43. The number of aryl methyl sites for hydroxylation is 8. The molecule has 10 heterocycles. The van der Waals surface area contributed by atoms with E-state index in [1.54, 1.807) is 0 Å². The second-order valence-corrected chi connectivity index (χ2v) is 23.2. The van der Waals surface area contributed by atoms with E-state index in [2.05, 4.69) is 106 Å². The van der Waals surface area contributed by atoms with Crippen LogP contribution in [0.3, 0.4) is 0 Å². The van der Waals surface area contributed by atoms with Crippen LogP contribution in [0.1, 0.15) is 224 Å². The fourth-order valence-corrected chi connectivity index (χ4v) is 13.9. The zero-order chi connectivity index (χ0) is 57.5. The van der Waals surface area contributed by atoms with Crippen molar-refractivity contribution in [3.63, 3.8) is 0 Å². The minimum Gasteiger partial charge on any atom is -0.657 e. The summed E-state index contributed by atoms with van der Waals surface area (Å²) in [5.74, 6) is -0.0668. The maximum atomic E-state index is 13.4. The van der Waals surface area contributed by atoms with Gasteiger partial charge in [0.05, 0.1) is 22.8 Å². The Bertz CT molecular complexity index is 4090. The molecular formula is C68H74N8Ni2O5. The Morgan fingerprint density at radius 3 is 1.39 bits per heavy atom. The summed E-state index contributed by atoms with van der Waals surface area (Å²) in [5.41, 5.74) is 30.6. The predicted octanol–water partition coefficient (Wildman–Crippen LogP) is 12.5. The molecule has 6 aromatic rings. The number of allylic oxidation sites excluding steroid dienone is 4. The Morgan fingerprint density at radius 1 is 0.506 bits per heavy atom. The first-order valence-corrected chi connectivity index (χ1v) is 29.4. The Hall–Kier alpha value is -6.36. The summed E-state index contributed by atoms with van der Waals surface area (Å²) in [7, 11) is 0. The van der Waals surface area contributed by atoms with Gasteiger partial charge in [-0.15, -0.1) is 44.1 Å². The molecule has 15 heteroatoms. The molecule has 0 fully saturated rings. The van der Waals surface area contributed by atoms with E-state index in [1.165, 1.54) is 50.1 Å². The van der Waals surface area contributed by atoms with Crippen LogP contribution < -0.4 is 19.9 Å². The number of aliphatic hydroxyl groups is 2. The minimum absolute atomic E-state index is 0. The van der Waals surface area contributed by atoms with E-state index in [1.807, 2.05) is 13.0 Å². The maximum Gasteiger partial charge on any atom is 2.00 e. The number of Topliss-reactive ketones (excluding diaryl/α,β-unsaturated/α-hetero) is 3. The van der Waals surface area contributed by atoms with Crippen LogP contribution in [0.2, 0.25) is 0 Å². The van der Waals surface area contributed by atoms with Crippen LogP contribution in [0.4, 0.5) is 0 Å². The summed E-state index contributed by atoms with van der Waals surface area (Å²) < 4.78 is 0. The van der Waals surface area contributed by atoms with Crippen molar-refractivity contribution in [2.24, 2.45) is 0 Å². The van der Waals surface area contributed by atoms with Crippen LogP contribution in [0.15, 0.2) is 36.4 Å². The van der Waals surface area contributed by atoms with E-state index in [0.717, 1.165) is 145 Å². The van der Waals surface area contributed by atoms with Gasteiger partial charge in [0.1, 0.15) is 13.2 Å². The molecular weight excluding hydrogens is 1130 g/mol. The van der Waals surface area contributed by atoms with Gasteiger partial charge in [-0.3, -0.25) is 24.4 Å². The molecule has 16 bridgehead atoms. The van der Waals surface area contributed by atoms with Crippen LogP contribution in [0, 0.1) is 27.7 Å². The molecule has 6 aliphatic rings. The van der Waals surface area contributed by atoms with Gasteiger partial charge in [-0.05, 0) is 126 Å². The third-order valence-corrected chi connectivity index (χ3v) is 18.8. The molecule has 4 aliphatic heterocycles. The summed E-state index contributed by atoms with van der Waals surface area (Å²) >= 11 is 0. The smallest absolute Gasteiger partial charge is 0.657 e. The molecule has 0 amide bonds. The van der Waals surface area contributed by atoms with Gasteiger partial charge in [-0.25, -0.2) is 9.97 Å². The molecule has 4 atom stereocenters. The summed E-state index contributed by atoms with van der Waals surface area (Å²) in [4.78, 5) is 78.7. The van der Waals surface area contributed by atoms with Crippen molar-refractivity contribution in [1.29, 1.82) is 0 Å². The van der Waals surface area contributed by atoms with Gasteiger partial charge in [-0.1, -0.05) is 117 Å². The summed E-state index contributed by atoms with van der Waals surface area (Å²) in [6, 6.07) is 12.7. The number of hydrogen-bond donors (Lipinski definition) is 2. The van der Waals surface area contributed by atoms with Gasteiger partial charge in [-0.2, -0.15) is 0 Å². The van der Waals surface area contributed by atoms with E-state index in [-0.39, 0.29) is 86.8 Å². The molecule has 0 saturated heterocycles. The first-order chi connectivity index (χ1) is 38.9. The van der Waals surface area contributed by atoms with Crippen molar-refractivity contribution in [1.82, 2.24) is 39.9 Å². The number of rotatable bonds is 12. The Morgan fingerprint density at radius 2 is 0.928 bits per heavy atom.